The van der Waals surface area contributed by atoms with Gasteiger partial charge in [0.2, 0.25) is 0 Å². The van der Waals surface area contributed by atoms with E-state index in [2.05, 4.69) is 31.9 Å². The molecule has 1 amide bonds. The fourth-order valence-corrected chi connectivity index (χ4v) is 5.54. The molecule has 0 aliphatic carbocycles. The van der Waals surface area contributed by atoms with Gasteiger partial charge in [0.25, 0.3) is 0 Å². The molecule has 122 valence electrons. The zero-order valence-electron chi connectivity index (χ0n) is 14.5. The second-order valence-corrected chi connectivity index (χ2v) is 21.1. The number of methoxy groups -OCH3 is 1. The van der Waals surface area contributed by atoms with Gasteiger partial charge in [0.05, 0.1) is 0 Å². The minimum atomic E-state index is -2.19. The molecular formula is C18H24N2O2Sn. The monoisotopic (exact) mass is 420 g/mol. The summed E-state index contributed by atoms with van der Waals surface area (Å²) in [6.45, 7) is 2.09. The summed E-state index contributed by atoms with van der Waals surface area (Å²) in [7, 11) is 1.64. The van der Waals surface area contributed by atoms with Crippen molar-refractivity contribution in [3.8, 4) is 5.75 Å². The molecule has 2 aromatic rings. The number of ether oxygens (including phenoxy) is 1. The maximum atomic E-state index is 12.1. The van der Waals surface area contributed by atoms with E-state index in [0.29, 0.717) is 6.54 Å². The first kappa shape index (κ1) is 17.8. The number of nitrogens with zero attached hydrogens (tertiary/aromatic N) is 2. The van der Waals surface area contributed by atoms with Gasteiger partial charge in [0, 0.05) is 0 Å². The maximum absolute atomic E-state index is 12.1. The molecule has 1 heterocycles. The molecule has 2 rings (SSSR count). The van der Waals surface area contributed by atoms with Gasteiger partial charge in [-0.3, -0.25) is 0 Å². The van der Waals surface area contributed by atoms with Crippen LogP contribution < -0.4 is 13.2 Å². The van der Waals surface area contributed by atoms with Crippen molar-refractivity contribution in [1.82, 2.24) is 4.98 Å². The fraction of sp³-hybridized carbons (Fsp3) is 0.333. The summed E-state index contributed by atoms with van der Waals surface area (Å²) in [5.74, 6) is 1.54. The van der Waals surface area contributed by atoms with E-state index in [1.807, 2.05) is 30.5 Å². The predicted molar refractivity (Wildman–Crippen MR) is 97.1 cm³/mol. The van der Waals surface area contributed by atoms with Crippen molar-refractivity contribution in [2.75, 3.05) is 12.0 Å². The first-order valence-electron chi connectivity index (χ1n) is 7.69. The van der Waals surface area contributed by atoms with E-state index in [-0.39, 0.29) is 5.91 Å². The van der Waals surface area contributed by atoms with Crippen LogP contribution in [-0.4, -0.2) is 36.4 Å². The summed E-state index contributed by atoms with van der Waals surface area (Å²) in [5, 5.41) is 0. The van der Waals surface area contributed by atoms with Crippen molar-refractivity contribution in [3.05, 3.63) is 48.2 Å². The Labute approximate surface area is 142 Å². The standard InChI is InChI=1S/C15H15N2O2.3CH3.Sn/c1-12(18)17(15-5-3-4-10-16-15)11-13-6-8-14(19-2)9-7-13;;;;/h4-10H,11H2,1-2H3;3*1H3;. The molecule has 0 radical (unpaired) electrons. The van der Waals surface area contributed by atoms with Gasteiger partial charge in [-0.15, -0.1) is 0 Å². The summed E-state index contributed by atoms with van der Waals surface area (Å²) in [5.41, 5.74) is 1.05. The molecule has 1 aromatic carbocycles. The van der Waals surface area contributed by atoms with E-state index in [0.717, 1.165) is 17.1 Å². The number of benzene rings is 1. The van der Waals surface area contributed by atoms with E-state index in [1.54, 1.807) is 18.9 Å². The molecule has 0 unspecified atom stereocenters. The number of amides is 1. The van der Waals surface area contributed by atoms with Crippen LogP contribution in [0.25, 0.3) is 0 Å². The van der Waals surface area contributed by atoms with Crippen LogP contribution in [0, 0.1) is 0 Å². The number of hydrogen-bond donors (Lipinski definition) is 0. The normalized spacial score (nSPS) is 11.2. The number of pyridine rings is 1. The number of carbonyl (C=O) groups is 1. The molecule has 0 saturated carbocycles. The second kappa shape index (κ2) is 7.34. The Morgan fingerprint density at radius 3 is 2.35 bits per heavy atom. The van der Waals surface area contributed by atoms with Gasteiger partial charge in [0.1, 0.15) is 0 Å². The summed E-state index contributed by atoms with van der Waals surface area (Å²) >= 11 is -2.19. The van der Waals surface area contributed by atoms with Crippen molar-refractivity contribution in [2.45, 2.75) is 28.3 Å². The number of hydrogen-bond acceptors (Lipinski definition) is 3. The fourth-order valence-electron chi connectivity index (χ4n) is 2.30. The van der Waals surface area contributed by atoms with Crippen LogP contribution in [0.5, 0.6) is 5.75 Å². The van der Waals surface area contributed by atoms with Gasteiger partial charge >= 0.3 is 142 Å². The molecule has 0 fully saturated rings. The van der Waals surface area contributed by atoms with Crippen molar-refractivity contribution < 1.29 is 9.53 Å². The van der Waals surface area contributed by atoms with E-state index in [4.69, 9.17) is 4.74 Å². The Balaban J connectivity index is 2.29. The van der Waals surface area contributed by atoms with E-state index in [1.165, 1.54) is 3.58 Å². The van der Waals surface area contributed by atoms with Crippen molar-refractivity contribution in [1.29, 1.82) is 0 Å². The van der Waals surface area contributed by atoms with Gasteiger partial charge in [-0.2, -0.15) is 0 Å². The van der Waals surface area contributed by atoms with Gasteiger partial charge in [-0.1, -0.05) is 0 Å². The third kappa shape index (κ3) is 4.70. The summed E-state index contributed by atoms with van der Waals surface area (Å²) < 4.78 is 6.54. The molecule has 0 N–H and O–H groups in total. The molecule has 4 nitrogen and oxygen atoms in total. The number of anilines is 1. The molecule has 0 spiro atoms. The minimum absolute atomic E-state index is 0.00502. The summed E-state index contributed by atoms with van der Waals surface area (Å²) in [4.78, 5) is 25.3. The third-order valence-electron chi connectivity index (χ3n) is 3.77. The van der Waals surface area contributed by atoms with Crippen molar-refractivity contribution in [3.63, 3.8) is 0 Å². The Bertz CT molecular complexity index is 678. The van der Waals surface area contributed by atoms with Gasteiger partial charge < -0.3 is 0 Å². The topological polar surface area (TPSA) is 42.4 Å². The Morgan fingerprint density at radius 2 is 1.83 bits per heavy atom. The van der Waals surface area contributed by atoms with Crippen LogP contribution in [0.4, 0.5) is 5.82 Å². The Kier molecular flexibility index (Phi) is 5.68. The number of rotatable bonds is 5. The first-order valence-corrected chi connectivity index (χ1v) is 17.7. The molecule has 23 heavy (non-hydrogen) atoms. The average Bonchev–Trinajstić information content (AvgIpc) is 2.52. The van der Waals surface area contributed by atoms with Crippen LogP contribution in [0.3, 0.4) is 0 Å². The summed E-state index contributed by atoms with van der Waals surface area (Å²) in [6, 6.07) is 11.9. The van der Waals surface area contributed by atoms with E-state index >= 15 is 0 Å². The van der Waals surface area contributed by atoms with E-state index < -0.39 is 18.4 Å². The van der Waals surface area contributed by atoms with Gasteiger partial charge in [-0.25, -0.2) is 0 Å². The number of aromatic nitrogens is 1. The average molecular weight is 419 g/mol. The molecule has 5 heteroatoms. The Hall–Kier alpha value is -1.56. The molecular weight excluding hydrogens is 395 g/mol. The van der Waals surface area contributed by atoms with Gasteiger partial charge in [-0.05, 0) is 0 Å². The molecule has 0 aliphatic heterocycles. The van der Waals surface area contributed by atoms with Gasteiger partial charge in [0.15, 0.2) is 0 Å². The molecule has 0 atom stereocenters. The first-order chi connectivity index (χ1) is 10.8. The third-order valence-corrected chi connectivity index (χ3v) is 9.60. The van der Waals surface area contributed by atoms with Crippen LogP contribution in [0.2, 0.25) is 14.8 Å². The zero-order chi connectivity index (χ0) is 17.0. The van der Waals surface area contributed by atoms with Crippen molar-refractivity contribution >= 4 is 33.7 Å². The van der Waals surface area contributed by atoms with E-state index in [9.17, 15) is 4.79 Å². The molecule has 0 bridgehead atoms. The summed E-state index contributed by atoms with van der Waals surface area (Å²) in [6.07, 6.45) is 1.82. The van der Waals surface area contributed by atoms with Crippen molar-refractivity contribution in [2.24, 2.45) is 0 Å². The van der Waals surface area contributed by atoms with Crippen LogP contribution >= 0.6 is 0 Å². The Morgan fingerprint density at radius 1 is 1.17 bits per heavy atom. The molecule has 0 aliphatic rings. The molecule has 0 saturated heterocycles. The van der Waals surface area contributed by atoms with Crippen LogP contribution in [0.15, 0.2) is 42.6 Å². The van der Waals surface area contributed by atoms with Crippen LogP contribution in [0.1, 0.15) is 12.5 Å². The quantitative estimate of drug-likeness (QED) is 0.700. The predicted octanol–water partition coefficient (Wildman–Crippen LogP) is 3.19. The SMILES string of the molecule is COc1ccc(CN(C(C)=O)c2c[c]([Sn]([CH3])([CH3])[CH3])ccn2)cc1. The zero-order valence-corrected chi connectivity index (χ0v) is 17.3. The van der Waals surface area contributed by atoms with Crippen LogP contribution in [-0.2, 0) is 11.3 Å². The number of carbonyl (C=O) groups excluding carboxylic acids is 1. The molecule has 1 aromatic heterocycles. The second-order valence-electron chi connectivity index (χ2n) is 6.61.